The van der Waals surface area contributed by atoms with Gasteiger partial charge < -0.3 is 15.5 Å². The Morgan fingerprint density at radius 2 is 1.82 bits per heavy atom. The van der Waals surface area contributed by atoms with E-state index < -0.39 is 0 Å². The van der Waals surface area contributed by atoms with Crippen LogP contribution in [0.5, 0.6) is 0 Å². The Kier molecular flexibility index (Phi) is 8.97. The zero-order valence-corrected chi connectivity index (χ0v) is 18.7. The number of nitrogens with zero attached hydrogens (tertiary/aromatic N) is 1. The first-order valence-electron chi connectivity index (χ1n) is 11.1. The lowest BCUT2D eigenvalue weighted by atomic mass is 9.85. The first-order valence-corrected chi connectivity index (χ1v) is 11.1. The highest BCUT2D eigenvalue weighted by Gasteiger charge is 2.17. The summed E-state index contributed by atoms with van der Waals surface area (Å²) in [6.07, 6.45) is 3.94. The number of unbranched alkanes of at least 4 members (excludes halogenated alkanes) is 1. The van der Waals surface area contributed by atoms with E-state index in [2.05, 4.69) is 69.5 Å². The van der Waals surface area contributed by atoms with Crippen molar-refractivity contribution >= 4 is 5.91 Å². The van der Waals surface area contributed by atoms with Crippen molar-refractivity contribution in [2.45, 2.75) is 71.8 Å². The second-order valence-corrected chi connectivity index (χ2v) is 9.46. The monoisotopic (exact) mass is 387 g/mol. The molecule has 0 saturated carbocycles. The van der Waals surface area contributed by atoms with Gasteiger partial charge in [0.05, 0.1) is 0 Å². The van der Waals surface area contributed by atoms with E-state index in [1.165, 1.54) is 11.1 Å². The van der Waals surface area contributed by atoms with E-state index in [4.69, 9.17) is 0 Å². The number of hydrogen-bond acceptors (Lipinski definition) is 3. The average molecular weight is 388 g/mol. The molecule has 0 spiro atoms. The van der Waals surface area contributed by atoms with Gasteiger partial charge >= 0.3 is 0 Å². The van der Waals surface area contributed by atoms with Crippen LogP contribution in [0.1, 0.15) is 65.0 Å². The van der Waals surface area contributed by atoms with Gasteiger partial charge in [0.15, 0.2) is 0 Å². The SMILES string of the molecule is CC(Cc1ccc(C(C)(C)C)cc1)C(C)NCCCCN1CCNCCC1=O. The van der Waals surface area contributed by atoms with Crippen LogP contribution in [0.3, 0.4) is 0 Å². The van der Waals surface area contributed by atoms with E-state index in [0.29, 0.717) is 24.3 Å². The van der Waals surface area contributed by atoms with Crippen LogP contribution in [-0.4, -0.2) is 49.6 Å². The number of nitrogens with one attached hydrogen (secondary N) is 2. The van der Waals surface area contributed by atoms with Gasteiger partial charge in [0.2, 0.25) is 5.91 Å². The first kappa shape index (κ1) is 22.9. The van der Waals surface area contributed by atoms with E-state index in [-0.39, 0.29) is 5.41 Å². The molecule has 2 N–H and O–H groups in total. The highest BCUT2D eigenvalue weighted by Crippen LogP contribution is 2.23. The van der Waals surface area contributed by atoms with Crippen LogP contribution in [0.4, 0.5) is 0 Å². The number of rotatable bonds is 9. The summed E-state index contributed by atoms with van der Waals surface area (Å²) in [5, 5.41) is 6.98. The highest BCUT2D eigenvalue weighted by atomic mass is 16.2. The van der Waals surface area contributed by atoms with E-state index in [9.17, 15) is 4.79 Å². The third-order valence-corrected chi connectivity index (χ3v) is 5.98. The van der Waals surface area contributed by atoms with Gasteiger partial charge in [-0.15, -0.1) is 0 Å². The van der Waals surface area contributed by atoms with Gasteiger partial charge in [-0.3, -0.25) is 4.79 Å². The summed E-state index contributed by atoms with van der Waals surface area (Å²) < 4.78 is 0. The molecule has 2 unspecified atom stereocenters. The average Bonchev–Trinajstić information content (AvgIpc) is 2.85. The summed E-state index contributed by atoms with van der Waals surface area (Å²) in [5.41, 5.74) is 3.03. The van der Waals surface area contributed by atoms with Crippen molar-refractivity contribution in [2.24, 2.45) is 5.92 Å². The van der Waals surface area contributed by atoms with Crippen LogP contribution >= 0.6 is 0 Å². The molecule has 1 saturated heterocycles. The Labute approximate surface area is 172 Å². The molecule has 1 aromatic rings. The maximum atomic E-state index is 12.0. The van der Waals surface area contributed by atoms with E-state index in [0.717, 1.165) is 52.0 Å². The Morgan fingerprint density at radius 3 is 2.50 bits per heavy atom. The van der Waals surface area contributed by atoms with E-state index in [1.54, 1.807) is 0 Å². The number of amides is 1. The lowest BCUT2D eigenvalue weighted by Gasteiger charge is -2.23. The van der Waals surface area contributed by atoms with Crippen LogP contribution < -0.4 is 10.6 Å². The van der Waals surface area contributed by atoms with E-state index in [1.807, 2.05) is 4.90 Å². The number of carbonyl (C=O) groups is 1. The zero-order valence-electron chi connectivity index (χ0n) is 18.7. The summed E-state index contributed by atoms with van der Waals surface area (Å²) in [6.45, 7) is 15.9. The summed E-state index contributed by atoms with van der Waals surface area (Å²) in [7, 11) is 0. The standard InChI is InChI=1S/C24H41N3O/c1-19(18-21-8-10-22(11-9-21)24(3,4)5)20(2)26-13-6-7-16-27-17-15-25-14-12-23(27)28/h8-11,19-20,25-26H,6-7,12-18H2,1-5H3. The fraction of sp³-hybridized carbons (Fsp3) is 0.708. The van der Waals surface area contributed by atoms with Gasteiger partial charge in [-0.25, -0.2) is 0 Å². The Hall–Kier alpha value is -1.39. The minimum Gasteiger partial charge on any atom is -0.341 e. The van der Waals surface area contributed by atoms with Crippen LogP contribution in [0.15, 0.2) is 24.3 Å². The molecule has 0 bridgehead atoms. The molecular formula is C24H41N3O. The summed E-state index contributed by atoms with van der Waals surface area (Å²) in [4.78, 5) is 14.0. The van der Waals surface area contributed by atoms with Crippen molar-refractivity contribution < 1.29 is 4.79 Å². The summed E-state index contributed by atoms with van der Waals surface area (Å²) in [6, 6.07) is 9.62. The van der Waals surface area contributed by atoms with Gasteiger partial charge in [-0.05, 0) is 55.2 Å². The molecule has 4 heteroatoms. The topological polar surface area (TPSA) is 44.4 Å². The maximum absolute atomic E-state index is 12.0. The molecule has 2 atom stereocenters. The van der Waals surface area contributed by atoms with Crippen LogP contribution in [0.25, 0.3) is 0 Å². The molecule has 158 valence electrons. The molecule has 0 aromatic heterocycles. The van der Waals surface area contributed by atoms with Crippen molar-refractivity contribution in [3.8, 4) is 0 Å². The largest absolute Gasteiger partial charge is 0.341 e. The second-order valence-electron chi connectivity index (χ2n) is 9.46. The number of hydrogen-bond donors (Lipinski definition) is 2. The first-order chi connectivity index (χ1) is 13.3. The fourth-order valence-corrected chi connectivity index (χ4v) is 3.70. The molecular weight excluding hydrogens is 346 g/mol. The molecule has 2 rings (SSSR count). The van der Waals surface area contributed by atoms with Gasteiger partial charge in [-0.2, -0.15) is 0 Å². The predicted octanol–water partition coefficient (Wildman–Crippen LogP) is 3.74. The van der Waals surface area contributed by atoms with Crippen LogP contribution in [0.2, 0.25) is 0 Å². The van der Waals surface area contributed by atoms with Crippen molar-refractivity contribution in [2.75, 3.05) is 32.7 Å². The third kappa shape index (κ3) is 7.56. The van der Waals surface area contributed by atoms with Crippen molar-refractivity contribution in [1.29, 1.82) is 0 Å². The third-order valence-electron chi connectivity index (χ3n) is 5.98. The Bertz CT molecular complexity index is 591. The van der Waals surface area contributed by atoms with E-state index >= 15 is 0 Å². The molecule has 28 heavy (non-hydrogen) atoms. The van der Waals surface area contributed by atoms with Gasteiger partial charge in [0.25, 0.3) is 0 Å². The second kappa shape index (κ2) is 11.0. The predicted molar refractivity (Wildman–Crippen MR) is 119 cm³/mol. The summed E-state index contributed by atoms with van der Waals surface area (Å²) in [5.74, 6) is 0.899. The highest BCUT2D eigenvalue weighted by molar-refractivity contribution is 5.76. The van der Waals surface area contributed by atoms with Crippen LogP contribution in [-0.2, 0) is 16.6 Å². The minimum atomic E-state index is 0.216. The lowest BCUT2D eigenvalue weighted by Crippen LogP contribution is -2.35. The van der Waals surface area contributed by atoms with Crippen LogP contribution in [0, 0.1) is 5.92 Å². The molecule has 1 aromatic carbocycles. The molecule has 1 aliphatic rings. The van der Waals surface area contributed by atoms with Gasteiger partial charge in [-0.1, -0.05) is 52.0 Å². The molecule has 1 amide bonds. The van der Waals surface area contributed by atoms with Crippen molar-refractivity contribution in [3.63, 3.8) is 0 Å². The van der Waals surface area contributed by atoms with Gasteiger partial charge in [0.1, 0.15) is 0 Å². The maximum Gasteiger partial charge on any atom is 0.223 e. The molecule has 1 fully saturated rings. The number of benzene rings is 1. The Morgan fingerprint density at radius 1 is 1.11 bits per heavy atom. The van der Waals surface area contributed by atoms with Gasteiger partial charge in [0, 0.05) is 38.6 Å². The normalized spacial score (nSPS) is 18.0. The molecule has 0 aliphatic carbocycles. The molecule has 0 radical (unpaired) electrons. The zero-order chi connectivity index (χ0) is 20.6. The summed E-state index contributed by atoms with van der Waals surface area (Å²) >= 11 is 0. The fourth-order valence-electron chi connectivity index (χ4n) is 3.70. The lowest BCUT2D eigenvalue weighted by molar-refractivity contribution is -0.130. The Balaban J connectivity index is 1.65. The minimum absolute atomic E-state index is 0.216. The molecule has 1 aliphatic heterocycles. The van der Waals surface area contributed by atoms with Crippen molar-refractivity contribution in [1.82, 2.24) is 15.5 Å². The smallest absolute Gasteiger partial charge is 0.223 e. The molecule has 1 heterocycles. The number of carbonyl (C=O) groups excluding carboxylic acids is 1. The quantitative estimate of drug-likeness (QED) is 0.635. The molecule has 4 nitrogen and oxygen atoms in total. The van der Waals surface area contributed by atoms with Crippen molar-refractivity contribution in [3.05, 3.63) is 35.4 Å².